The van der Waals surface area contributed by atoms with E-state index in [9.17, 15) is 9.59 Å². The first-order valence-corrected chi connectivity index (χ1v) is 5.79. The molecule has 0 N–H and O–H groups in total. The molecule has 4 aliphatic carbocycles. The summed E-state index contributed by atoms with van der Waals surface area (Å²) < 4.78 is 0. The van der Waals surface area contributed by atoms with Crippen LogP contribution in [0, 0.1) is 23.2 Å². The summed E-state index contributed by atoms with van der Waals surface area (Å²) in [5.74, 6) is 0.571. The van der Waals surface area contributed by atoms with Gasteiger partial charge in [-0.3, -0.25) is 9.59 Å². The quantitative estimate of drug-likeness (QED) is 0.293. The predicted octanol–water partition coefficient (Wildman–Crippen LogP) is 2.22. The van der Waals surface area contributed by atoms with E-state index in [1.807, 2.05) is 0 Å². The molecule has 84 valence electrons. The average molecular weight is 219 g/mol. The van der Waals surface area contributed by atoms with Crippen LogP contribution in [0.5, 0.6) is 0 Å². The van der Waals surface area contributed by atoms with Gasteiger partial charge < -0.3 is 0 Å². The second-order valence-electron chi connectivity index (χ2n) is 5.49. The van der Waals surface area contributed by atoms with E-state index in [0.29, 0.717) is 24.7 Å². The van der Waals surface area contributed by atoms with Crippen molar-refractivity contribution in [2.24, 2.45) is 28.3 Å². The lowest BCUT2D eigenvalue weighted by Crippen LogP contribution is -2.56. The Labute approximate surface area is 92.8 Å². The minimum atomic E-state index is -0.930. The maximum Gasteiger partial charge on any atom is 0.232 e. The van der Waals surface area contributed by atoms with Gasteiger partial charge in [0.1, 0.15) is 5.78 Å². The number of carbonyl (C=O) groups is 2. The van der Waals surface area contributed by atoms with E-state index >= 15 is 0 Å². The van der Waals surface area contributed by atoms with E-state index in [0.717, 1.165) is 19.3 Å². The number of hydrogen-bond donors (Lipinski definition) is 0. The molecule has 1 amide bonds. The molecule has 4 fully saturated rings. The first kappa shape index (κ1) is 9.85. The van der Waals surface area contributed by atoms with Crippen molar-refractivity contribution in [1.29, 1.82) is 0 Å². The minimum absolute atomic E-state index is 0.0529. The molecule has 0 aromatic carbocycles. The SMILES string of the molecule is [N-]=[N+]=NC(=O)C12CC3CC(CC(C3)C1=O)C2. The van der Waals surface area contributed by atoms with E-state index in [2.05, 4.69) is 10.0 Å². The summed E-state index contributed by atoms with van der Waals surface area (Å²) in [5, 5.41) is 3.19. The van der Waals surface area contributed by atoms with Gasteiger partial charge in [-0.1, -0.05) is 0 Å². The number of ketones is 1. The van der Waals surface area contributed by atoms with Crippen LogP contribution >= 0.6 is 0 Å². The van der Waals surface area contributed by atoms with E-state index < -0.39 is 11.3 Å². The lowest BCUT2D eigenvalue weighted by atomic mass is 9.48. The molecule has 5 nitrogen and oxygen atoms in total. The second-order valence-corrected chi connectivity index (χ2v) is 5.49. The molecule has 0 aromatic heterocycles. The van der Waals surface area contributed by atoms with Crippen molar-refractivity contribution in [1.82, 2.24) is 0 Å². The molecule has 0 heterocycles. The van der Waals surface area contributed by atoms with Crippen molar-refractivity contribution in [3.05, 3.63) is 10.4 Å². The Morgan fingerprint density at radius 2 is 1.94 bits per heavy atom. The fraction of sp³-hybridized carbons (Fsp3) is 0.818. The molecule has 0 radical (unpaired) electrons. The summed E-state index contributed by atoms with van der Waals surface area (Å²) in [5.41, 5.74) is 7.42. The number of carbonyl (C=O) groups excluding carboxylic acids is 2. The predicted molar refractivity (Wildman–Crippen MR) is 55.1 cm³/mol. The lowest BCUT2D eigenvalue weighted by molar-refractivity contribution is -0.160. The Morgan fingerprint density at radius 1 is 1.31 bits per heavy atom. The smallest absolute Gasteiger partial charge is 0.232 e. The Hall–Kier alpha value is -1.35. The van der Waals surface area contributed by atoms with E-state index in [4.69, 9.17) is 5.53 Å². The molecule has 4 aliphatic rings. The van der Waals surface area contributed by atoms with Crippen LogP contribution in [0.2, 0.25) is 0 Å². The maximum atomic E-state index is 12.2. The fourth-order valence-corrected chi connectivity index (χ4v) is 4.19. The highest BCUT2D eigenvalue weighted by atomic mass is 16.2. The van der Waals surface area contributed by atoms with Crippen LogP contribution in [-0.4, -0.2) is 11.7 Å². The highest BCUT2D eigenvalue weighted by molar-refractivity contribution is 6.08. The molecule has 4 saturated carbocycles. The molecule has 4 bridgehead atoms. The third kappa shape index (κ3) is 1.09. The number of Topliss-reactive ketones (excluding diaryl/α,β-unsaturated/α-hetero) is 1. The third-order valence-electron chi connectivity index (χ3n) is 4.56. The first-order chi connectivity index (χ1) is 7.65. The van der Waals surface area contributed by atoms with Gasteiger partial charge in [-0.25, -0.2) is 0 Å². The monoisotopic (exact) mass is 219 g/mol. The summed E-state index contributed by atoms with van der Waals surface area (Å²) in [6, 6.07) is 0. The standard InChI is InChI=1S/C11H13N3O2/c12-14-13-10(16)11-4-6-1-7(5-11)3-8(2-6)9(11)15/h6-8H,1-5H2. The highest BCUT2D eigenvalue weighted by Crippen LogP contribution is 2.58. The van der Waals surface area contributed by atoms with Crippen LogP contribution in [0.3, 0.4) is 0 Å². The lowest BCUT2D eigenvalue weighted by Gasteiger charge is -2.53. The van der Waals surface area contributed by atoms with E-state index in [-0.39, 0.29) is 11.7 Å². The van der Waals surface area contributed by atoms with Crippen molar-refractivity contribution in [3.8, 4) is 0 Å². The van der Waals surface area contributed by atoms with Crippen LogP contribution in [0.4, 0.5) is 0 Å². The number of azide groups is 1. The van der Waals surface area contributed by atoms with Crippen molar-refractivity contribution >= 4 is 11.7 Å². The van der Waals surface area contributed by atoms with Gasteiger partial charge in [-0.15, -0.1) is 0 Å². The van der Waals surface area contributed by atoms with Gasteiger partial charge in [0.25, 0.3) is 0 Å². The third-order valence-corrected chi connectivity index (χ3v) is 4.56. The number of rotatable bonds is 1. The summed E-state index contributed by atoms with van der Waals surface area (Å²) in [7, 11) is 0. The van der Waals surface area contributed by atoms with Gasteiger partial charge in [-0.2, -0.15) is 0 Å². The molecule has 0 aliphatic heterocycles. The average Bonchev–Trinajstić information content (AvgIpc) is 2.25. The molecule has 4 rings (SSSR count). The topological polar surface area (TPSA) is 82.9 Å². The van der Waals surface area contributed by atoms with Crippen molar-refractivity contribution in [2.45, 2.75) is 32.1 Å². The summed E-state index contributed by atoms with van der Waals surface area (Å²) >= 11 is 0. The van der Waals surface area contributed by atoms with Gasteiger partial charge in [0.15, 0.2) is 0 Å². The molecule has 5 heteroatoms. The molecule has 0 spiro atoms. The Balaban J connectivity index is 2.02. The van der Waals surface area contributed by atoms with E-state index in [1.165, 1.54) is 0 Å². The highest BCUT2D eigenvalue weighted by Gasteiger charge is 2.59. The van der Waals surface area contributed by atoms with Gasteiger partial charge >= 0.3 is 0 Å². The molecule has 2 unspecified atom stereocenters. The van der Waals surface area contributed by atoms with Crippen LogP contribution < -0.4 is 0 Å². The van der Waals surface area contributed by atoms with Crippen molar-refractivity contribution in [2.75, 3.05) is 0 Å². The summed E-state index contributed by atoms with van der Waals surface area (Å²) in [6.07, 6.45) is 4.28. The number of amides is 1. The number of hydrogen-bond acceptors (Lipinski definition) is 2. The molecular formula is C11H13N3O2. The molecule has 2 atom stereocenters. The van der Waals surface area contributed by atoms with Crippen molar-refractivity contribution in [3.63, 3.8) is 0 Å². The molecular weight excluding hydrogens is 206 g/mol. The Bertz CT molecular complexity index is 411. The van der Waals surface area contributed by atoms with Crippen molar-refractivity contribution < 1.29 is 9.59 Å². The van der Waals surface area contributed by atoms with Crippen LogP contribution in [0.15, 0.2) is 5.11 Å². The van der Waals surface area contributed by atoms with Crippen LogP contribution in [0.1, 0.15) is 32.1 Å². The van der Waals surface area contributed by atoms with E-state index in [1.54, 1.807) is 0 Å². The maximum absolute atomic E-state index is 12.2. The second kappa shape index (κ2) is 3.08. The molecule has 0 aromatic rings. The Morgan fingerprint density at radius 3 is 2.50 bits per heavy atom. The van der Waals surface area contributed by atoms with Gasteiger partial charge in [0.2, 0.25) is 5.91 Å². The number of nitrogens with zero attached hydrogens (tertiary/aromatic N) is 3. The van der Waals surface area contributed by atoms with Crippen LogP contribution in [-0.2, 0) is 9.59 Å². The van der Waals surface area contributed by atoms with Gasteiger partial charge in [0, 0.05) is 10.8 Å². The molecule has 16 heavy (non-hydrogen) atoms. The zero-order valence-corrected chi connectivity index (χ0v) is 8.93. The Kier molecular flexibility index (Phi) is 1.89. The first-order valence-electron chi connectivity index (χ1n) is 5.79. The summed E-state index contributed by atoms with van der Waals surface area (Å²) in [6.45, 7) is 0. The minimum Gasteiger partial charge on any atom is -0.298 e. The van der Waals surface area contributed by atoms with Gasteiger partial charge in [0.05, 0.1) is 5.41 Å². The zero-order chi connectivity index (χ0) is 11.3. The summed E-state index contributed by atoms with van der Waals surface area (Å²) in [4.78, 5) is 26.6. The van der Waals surface area contributed by atoms with Gasteiger partial charge in [-0.05, 0) is 54.6 Å². The van der Waals surface area contributed by atoms with Crippen LogP contribution in [0.25, 0.3) is 10.4 Å². The fourth-order valence-electron chi connectivity index (χ4n) is 4.19. The molecule has 0 saturated heterocycles. The zero-order valence-electron chi connectivity index (χ0n) is 8.93. The normalized spacial score (nSPS) is 44.2. The largest absolute Gasteiger partial charge is 0.298 e.